The Morgan fingerprint density at radius 3 is 2.82 bits per heavy atom. The van der Waals surface area contributed by atoms with Gasteiger partial charge in [-0.25, -0.2) is 9.78 Å². The molecule has 1 N–H and O–H groups in total. The summed E-state index contributed by atoms with van der Waals surface area (Å²) >= 11 is 0. The van der Waals surface area contributed by atoms with E-state index in [0.717, 1.165) is 11.1 Å². The van der Waals surface area contributed by atoms with Gasteiger partial charge in [-0.2, -0.15) is 0 Å². The highest BCUT2D eigenvalue weighted by Crippen LogP contribution is 2.22. The van der Waals surface area contributed by atoms with E-state index in [2.05, 4.69) is 4.98 Å². The summed E-state index contributed by atoms with van der Waals surface area (Å²) in [6.07, 6.45) is 3.23. The molecule has 0 aliphatic carbocycles. The molecule has 0 aromatic carbocycles. The van der Waals surface area contributed by atoms with E-state index in [0.29, 0.717) is 5.65 Å². The van der Waals surface area contributed by atoms with Crippen molar-refractivity contribution in [2.24, 2.45) is 0 Å². The zero-order valence-electron chi connectivity index (χ0n) is 9.97. The van der Waals surface area contributed by atoms with Gasteiger partial charge in [0.1, 0.15) is 5.65 Å². The number of methoxy groups -OCH3 is 1. The molecule has 17 heavy (non-hydrogen) atoms. The largest absolute Gasteiger partial charge is 0.476 e. The summed E-state index contributed by atoms with van der Waals surface area (Å²) in [6, 6.07) is 1.96. The van der Waals surface area contributed by atoms with Crippen LogP contribution in [0.2, 0.25) is 0 Å². The number of pyridine rings is 1. The van der Waals surface area contributed by atoms with Gasteiger partial charge in [-0.3, -0.25) is 0 Å². The van der Waals surface area contributed by atoms with Crippen molar-refractivity contribution in [3.05, 3.63) is 35.3 Å². The van der Waals surface area contributed by atoms with Gasteiger partial charge in [-0.1, -0.05) is 0 Å². The smallest absolute Gasteiger partial charge is 0.356 e. The van der Waals surface area contributed by atoms with E-state index < -0.39 is 5.97 Å². The molecule has 0 aliphatic heterocycles. The van der Waals surface area contributed by atoms with E-state index in [1.54, 1.807) is 11.5 Å². The maximum Gasteiger partial charge on any atom is 0.356 e. The monoisotopic (exact) mass is 234 g/mol. The van der Waals surface area contributed by atoms with Crippen molar-refractivity contribution < 1.29 is 14.6 Å². The predicted octanol–water partition coefficient (Wildman–Crippen LogP) is 2.05. The quantitative estimate of drug-likeness (QED) is 0.882. The van der Waals surface area contributed by atoms with Crippen LogP contribution in [0, 0.1) is 6.92 Å². The lowest BCUT2D eigenvalue weighted by atomic mass is 10.1. The zero-order valence-corrected chi connectivity index (χ0v) is 9.97. The van der Waals surface area contributed by atoms with Gasteiger partial charge in [-0.15, -0.1) is 0 Å². The minimum absolute atomic E-state index is 0.0418. The molecule has 2 aromatic rings. The van der Waals surface area contributed by atoms with Gasteiger partial charge in [0, 0.05) is 25.1 Å². The molecule has 2 rings (SSSR count). The second-order valence-electron chi connectivity index (χ2n) is 4.01. The third-order valence-corrected chi connectivity index (χ3v) is 2.73. The summed E-state index contributed by atoms with van der Waals surface area (Å²) in [5, 5.41) is 8.93. The highest BCUT2D eigenvalue weighted by molar-refractivity contribution is 5.86. The van der Waals surface area contributed by atoms with Crippen molar-refractivity contribution in [3.63, 3.8) is 0 Å². The third-order valence-electron chi connectivity index (χ3n) is 2.73. The fourth-order valence-corrected chi connectivity index (χ4v) is 1.80. The number of aromatic carboxylic acids is 1. The summed E-state index contributed by atoms with van der Waals surface area (Å²) in [7, 11) is 1.62. The van der Waals surface area contributed by atoms with Crippen LogP contribution in [-0.4, -0.2) is 27.6 Å². The Balaban J connectivity index is 2.69. The molecule has 0 amide bonds. The number of carboxylic acids is 1. The first-order valence-electron chi connectivity index (χ1n) is 5.28. The van der Waals surface area contributed by atoms with Crippen molar-refractivity contribution in [3.8, 4) is 0 Å². The summed E-state index contributed by atoms with van der Waals surface area (Å²) in [5.74, 6) is -1.03. The Bertz CT molecular complexity index is 574. The summed E-state index contributed by atoms with van der Waals surface area (Å²) in [5.41, 5.74) is 2.59. The fourth-order valence-electron chi connectivity index (χ4n) is 1.80. The SMILES string of the molecule is COC(C)c1cc(C)cn2cc(C(=O)O)nc12. The lowest BCUT2D eigenvalue weighted by molar-refractivity contribution is 0.0691. The molecule has 1 atom stereocenters. The van der Waals surface area contributed by atoms with Gasteiger partial charge in [-0.05, 0) is 25.5 Å². The normalized spacial score (nSPS) is 12.9. The Labute approximate surface area is 98.7 Å². The van der Waals surface area contributed by atoms with E-state index in [1.165, 1.54) is 6.20 Å². The molecule has 90 valence electrons. The Morgan fingerprint density at radius 1 is 1.53 bits per heavy atom. The number of nitrogens with zero attached hydrogens (tertiary/aromatic N) is 2. The zero-order chi connectivity index (χ0) is 12.6. The number of aryl methyl sites for hydroxylation is 1. The number of imidazole rings is 1. The Hall–Kier alpha value is -1.88. The molecular formula is C12H14N2O3. The average Bonchev–Trinajstić information content (AvgIpc) is 2.70. The molecule has 5 heteroatoms. The van der Waals surface area contributed by atoms with Crippen molar-refractivity contribution >= 4 is 11.6 Å². The first-order valence-corrected chi connectivity index (χ1v) is 5.28. The lowest BCUT2D eigenvalue weighted by Crippen LogP contribution is -2.01. The maximum atomic E-state index is 10.9. The van der Waals surface area contributed by atoms with Crippen molar-refractivity contribution in [2.75, 3.05) is 7.11 Å². The van der Waals surface area contributed by atoms with Crippen molar-refractivity contribution in [1.29, 1.82) is 0 Å². The number of hydrogen-bond donors (Lipinski definition) is 1. The fraction of sp³-hybridized carbons (Fsp3) is 0.333. The highest BCUT2D eigenvalue weighted by atomic mass is 16.5. The number of carboxylic acid groups (broad SMARTS) is 1. The molecule has 5 nitrogen and oxygen atoms in total. The molecule has 0 aliphatic rings. The molecule has 2 heterocycles. The number of rotatable bonds is 3. The van der Waals surface area contributed by atoms with Crippen LogP contribution in [0.25, 0.3) is 5.65 Å². The summed E-state index contributed by atoms with van der Waals surface area (Å²) in [4.78, 5) is 15.0. The Kier molecular flexibility index (Phi) is 2.85. The number of fused-ring (bicyclic) bond motifs is 1. The van der Waals surface area contributed by atoms with E-state index in [-0.39, 0.29) is 11.8 Å². The molecule has 0 fully saturated rings. The molecule has 0 saturated heterocycles. The van der Waals surface area contributed by atoms with E-state index in [4.69, 9.17) is 9.84 Å². The van der Waals surface area contributed by atoms with Crippen LogP contribution in [0.4, 0.5) is 0 Å². The molecule has 2 aromatic heterocycles. The van der Waals surface area contributed by atoms with Gasteiger partial charge in [0.25, 0.3) is 0 Å². The van der Waals surface area contributed by atoms with Crippen molar-refractivity contribution in [2.45, 2.75) is 20.0 Å². The van der Waals surface area contributed by atoms with Crippen LogP contribution >= 0.6 is 0 Å². The molecule has 0 bridgehead atoms. The lowest BCUT2D eigenvalue weighted by Gasteiger charge is -2.11. The van der Waals surface area contributed by atoms with Gasteiger partial charge < -0.3 is 14.2 Å². The van der Waals surface area contributed by atoms with Crippen LogP contribution in [-0.2, 0) is 4.74 Å². The number of ether oxygens (including phenoxy) is 1. The van der Waals surface area contributed by atoms with Gasteiger partial charge in [0.2, 0.25) is 0 Å². The first kappa shape index (κ1) is 11.6. The van der Waals surface area contributed by atoms with Gasteiger partial charge >= 0.3 is 5.97 Å². The van der Waals surface area contributed by atoms with Gasteiger partial charge in [0.05, 0.1) is 6.10 Å². The third kappa shape index (κ3) is 2.01. The second kappa shape index (κ2) is 4.18. The first-order chi connectivity index (χ1) is 8.02. The van der Waals surface area contributed by atoms with Crippen LogP contribution in [0.15, 0.2) is 18.5 Å². The average molecular weight is 234 g/mol. The van der Waals surface area contributed by atoms with Gasteiger partial charge in [0.15, 0.2) is 5.69 Å². The molecule has 0 saturated carbocycles. The van der Waals surface area contributed by atoms with Crippen LogP contribution in [0.1, 0.15) is 34.6 Å². The molecule has 1 unspecified atom stereocenters. The van der Waals surface area contributed by atoms with Crippen molar-refractivity contribution in [1.82, 2.24) is 9.38 Å². The van der Waals surface area contributed by atoms with Crippen LogP contribution < -0.4 is 0 Å². The second-order valence-corrected chi connectivity index (χ2v) is 4.01. The Morgan fingerprint density at radius 2 is 2.24 bits per heavy atom. The highest BCUT2D eigenvalue weighted by Gasteiger charge is 2.15. The molecule has 0 radical (unpaired) electrons. The summed E-state index contributed by atoms with van der Waals surface area (Å²) < 4.78 is 6.99. The number of hydrogen-bond acceptors (Lipinski definition) is 3. The van der Waals surface area contributed by atoms with Crippen LogP contribution in [0.3, 0.4) is 0 Å². The number of aromatic nitrogens is 2. The van der Waals surface area contributed by atoms with E-state index >= 15 is 0 Å². The topological polar surface area (TPSA) is 63.8 Å². The minimum Gasteiger partial charge on any atom is -0.476 e. The van der Waals surface area contributed by atoms with E-state index in [1.807, 2.05) is 26.1 Å². The standard InChI is InChI=1S/C12H14N2O3/c1-7-4-9(8(2)17-3)11-13-10(12(15)16)6-14(11)5-7/h4-6,8H,1-3H3,(H,15,16). The number of carbonyl (C=O) groups is 1. The van der Waals surface area contributed by atoms with E-state index in [9.17, 15) is 4.79 Å². The predicted molar refractivity (Wildman–Crippen MR) is 62.3 cm³/mol. The minimum atomic E-state index is -1.03. The molecule has 0 spiro atoms. The van der Waals surface area contributed by atoms with Crippen LogP contribution in [0.5, 0.6) is 0 Å². The summed E-state index contributed by atoms with van der Waals surface area (Å²) in [6.45, 7) is 3.86. The maximum absolute atomic E-state index is 10.9. The molecular weight excluding hydrogens is 220 g/mol.